The molecule has 192 valence electrons. The van der Waals surface area contributed by atoms with Crippen LogP contribution in [0.5, 0.6) is 0 Å². The average Bonchev–Trinajstić information content (AvgIpc) is 3.61. The number of thiophene rings is 1. The second-order valence-electron chi connectivity index (χ2n) is 8.39. The Balaban J connectivity index is 0.000000586. The summed E-state index contributed by atoms with van der Waals surface area (Å²) in [6.07, 6.45) is 3.73. The number of carbonyl (C=O) groups is 2. The Morgan fingerprint density at radius 2 is 2.00 bits per heavy atom. The van der Waals surface area contributed by atoms with Crippen LogP contribution in [0.2, 0.25) is 0 Å². The van der Waals surface area contributed by atoms with Crippen molar-refractivity contribution in [3.8, 4) is 11.3 Å². The highest BCUT2D eigenvalue weighted by molar-refractivity contribution is 7.22. The molecule has 0 fully saturated rings. The van der Waals surface area contributed by atoms with Crippen molar-refractivity contribution in [2.45, 2.75) is 26.3 Å². The van der Waals surface area contributed by atoms with E-state index in [2.05, 4.69) is 16.9 Å². The van der Waals surface area contributed by atoms with Gasteiger partial charge in [-0.2, -0.15) is 11.3 Å². The predicted octanol–water partition coefficient (Wildman–Crippen LogP) is 4.40. The second-order valence-corrected chi connectivity index (χ2v) is 10.2. The number of unbranched alkanes of at least 4 members (excludes halogenated alkanes) is 1. The molecule has 4 aromatic heterocycles. The highest BCUT2D eigenvalue weighted by Gasteiger charge is 2.24. The summed E-state index contributed by atoms with van der Waals surface area (Å²) in [6, 6.07) is 11.1. The molecule has 4 heterocycles. The van der Waals surface area contributed by atoms with Crippen molar-refractivity contribution in [2.75, 3.05) is 19.4 Å². The van der Waals surface area contributed by atoms with Crippen LogP contribution in [0, 0.1) is 0 Å². The minimum absolute atomic E-state index is 0.211. The Kier molecular flexibility index (Phi) is 8.17. The number of aromatic nitrogens is 3. The van der Waals surface area contributed by atoms with Gasteiger partial charge in [0, 0.05) is 37.3 Å². The molecule has 0 radical (unpaired) electrons. The number of benzene rings is 1. The summed E-state index contributed by atoms with van der Waals surface area (Å²) in [5.74, 6) is -0.814. The lowest BCUT2D eigenvalue weighted by Gasteiger charge is -2.17. The molecule has 2 amide bonds. The average molecular weight is 537 g/mol. The van der Waals surface area contributed by atoms with Gasteiger partial charge in [-0.1, -0.05) is 30.7 Å². The third kappa shape index (κ3) is 5.63. The molecule has 0 saturated carbocycles. The first-order chi connectivity index (χ1) is 17.8. The van der Waals surface area contributed by atoms with Gasteiger partial charge in [-0.3, -0.25) is 14.0 Å². The third-order valence-corrected chi connectivity index (χ3v) is 7.19. The molecule has 0 bridgehead atoms. The number of nitrogens with two attached hydrogens (primary N) is 2. The van der Waals surface area contributed by atoms with Gasteiger partial charge in [0.05, 0.1) is 15.8 Å². The van der Waals surface area contributed by atoms with E-state index in [1.807, 2.05) is 35.0 Å². The van der Waals surface area contributed by atoms with Crippen molar-refractivity contribution in [1.82, 2.24) is 19.3 Å². The molecule has 5 rings (SSSR count). The van der Waals surface area contributed by atoms with Crippen molar-refractivity contribution >= 4 is 55.5 Å². The number of anilines is 1. The lowest BCUT2D eigenvalue weighted by molar-refractivity contribution is 0.0786. The molecular weight excluding hydrogens is 508 g/mol. The molecule has 0 saturated heterocycles. The number of fused-ring (bicyclic) bond motifs is 2. The molecule has 9 nitrogen and oxygen atoms in total. The predicted molar refractivity (Wildman–Crippen MR) is 149 cm³/mol. The number of pyridine rings is 1. The third-order valence-electron chi connectivity index (χ3n) is 5.66. The second kappa shape index (κ2) is 11.5. The van der Waals surface area contributed by atoms with Crippen molar-refractivity contribution < 1.29 is 14.7 Å². The summed E-state index contributed by atoms with van der Waals surface area (Å²) in [6.45, 7) is 2.79. The molecule has 0 aliphatic carbocycles. The van der Waals surface area contributed by atoms with Gasteiger partial charge in [-0.25, -0.2) is 9.97 Å². The molecule has 0 aliphatic rings. The number of carbonyl (C=O) groups excluding carboxylic acids is 2. The Hall–Kier alpha value is -3.80. The van der Waals surface area contributed by atoms with Gasteiger partial charge in [0.15, 0.2) is 10.8 Å². The van der Waals surface area contributed by atoms with Crippen molar-refractivity contribution in [1.29, 1.82) is 0 Å². The number of thiazole rings is 1. The fourth-order valence-corrected chi connectivity index (χ4v) is 5.30. The van der Waals surface area contributed by atoms with Crippen LogP contribution in [-0.4, -0.2) is 49.8 Å². The zero-order chi connectivity index (χ0) is 26.5. The molecule has 11 heteroatoms. The monoisotopic (exact) mass is 536 g/mol. The SMILES string of the molecule is CCCCO.CN(Cc1ccc2nc(N)sc2c1)C(=O)c1cccn2c(C(N)=O)c(-c3ccsc3)nc12. The molecule has 0 aliphatic heterocycles. The molecular formula is C26H28N6O3S2. The first-order valence-corrected chi connectivity index (χ1v) is 13.4. The maximum atomic E-state index is 13.3. The quantitative estimate of drug-likeness (QED) is 0.282. The molecule has 5 N–H and O–H groups in total. The molecule has 0 spiro atoms. The molecule has 0 atom stereocenters. The Morgan fingerprint density at radius 3 is 2.65 bits per heavy atom. The van der Waals surface area contributed by atoms with Crippen LogP contribution in [0.4, 0.5) is 5.13 Å². The van der Waals surface area contributed by atoms with Gasteiger partial charge in [-0.05, 0) is 47.7 Å². The number of amides is 2. The van der Waals surface area contributed by atoms with Crippen LogP contribution in [0.25, 0.3) is 27.1 Å². The van der Waals surface area contributed by atoms with E-state index in [4.69, 9.17) is 16.6 Å². The maximum Gasteiger partial charge on any atom is 0.268 e. The van der Waals surface area contributed by atoms with E-state index >= 15 is 0 Å². The number of primary amides is 1. The number of nitrogens with zero attached hydrogens (tertiary/aromatic N) is 4. The van der Waals surface area contributed by atoms with Gasteiger partial charge < -0.3 is 21.5 Å². The molecule has 37 heavy (non-hydrogen) atoms. The Bertz CT molecular complexity index is 1540. The van der Waals surface area contributed by atoms with Crippen LogP contribution in [-0.2, 0) is 6.54 Å². The largest absolute Gasteiger partial charge is 0.396 e. The first kappa shape index (κ1) is 26.3. The number of hydrogen-bond acceptors (Lipinski definition) is 8. The number of aliphatic hydroxyl groups excluding tert-OH is 1. The van der Waals surface area contributed by atoms with Gasteiger partial charge in [-0.15, -0.1) is 0 Å². The van der Waals surface area contributed by atoms with Gasteiger partial charge in [0.25, 0.3) is 11.8 Å². The van der Waals surface area contributed by atoms with Gasteiger partial charge in [0.2, 0.25) is 0 Å². The van der Waals surface area contributed by atoms with Crippen LogP contribution in [0.1, 0.15) is 46.2 Å². The Labute approximate surface area is 222 Å². The van der Waals surface area contributed by atoms with E-state index in [-0.39, 0.29) is 11.6 Å². The standard InChI is InChI=1S/C22H18N6O2S2.C4H10O/c1-27(10-12-4-5-15-16(9-12)32-22(24)25-15)21(30)14-3-2-7-28-18(19(23)29)17(26-20(14)28)13-6-8-31-11-13;1-2-3-4-5/h2-9,11H,10H2,1H3,(H2,23,29)(H2,24,25);5H,2-4H2,1H3. The lowest BCUT2D eigenvalue weighted by Crippen LogP contribution is -2.26. The van der Waals surface area contributed by atoms with Gasteiger partial charge >= 0.3 is 0 Å². The summed E-state index contributed by atoms with van der Waals surface area (Å²) in [7, 11) is 1.73. The van der Waals surface area contributed by atoms with Gasteiger partial charge in [0.1, 0.15) is 11.4 Å². The minimum Gasteiger partial charge on any atom is -0.396 e. The van der Waals surface area contributed by atoms with E-state index in [9.17, 15) is 9.59 Å². The normalized spacial score (nSPS) is 10.9. The van der Waals surface area contributed by atoms with Crippen LogP contribution >= 0.6 is 22.7 Å². The highest BCUT2D eigenvalue weighted by Crippen LogP contribution is 2.28. The van der Waals surface area contributed by atoms with Crippen molar-refractivity contribution in [3.63, 3.8) is 0 Å². The van der Waals surface area contributed by atoms with Crippen LogP contribution in [0.3, 0.4) is 0 Å². The van der Waals surface area contributed by atoms with Crippen LogP contribution in [0.15, 0.2) is 53.4 Å². The fraction of sp³-hybridized carbons (Fsp3) is 0.231. The minimum atomic E-state index is -0.603. The van der Waals surface area contributed by atoms with E-state index in [0.717, 1.165) is 34.2 Å². The topological polar surface area (TPSA) is 140 Å². The lowest BCUT2D eigenvalue weighted by atomic mass is 10.2. The van der Waals surface area contributed by atoms with E-state index in [1.165, 1.54) is 22.7 Å². The number of nitrogen functional groups attached to an aromatic ring is 1. The summed E-state index contributed by atoms with van der Waals surface area (Å²) in [5.41, 5.74) is 15.5. The van der Waals surface area contributed by atoms with E-state index in [1.54, 1.807) is 34.7 Å². The fourth-order valence-electron chi connectivity index (χ4n) is 3.87. The Morgan fingerprint density at radius 1 is 1.19 bits per heavy atom. The molecule has 1 aromatic carbocycles. The number of imidazole rings is 1. The summed E-state index contributed by atoms with van der Waals surface area (Å²) in [5, 5.41) is 12.4. The van der Waals surface area contributed by atoms with E-state index < -0.39 is 5.91 Å². The van der Waals surface area contributed by atoms with Crippen LogP contribution < -0.4 is 11.5 Å². The smallest absolute Gasteiger partial charge is 0.268 e. The van der Waals surface area contributed by atoms with Crippen molar-refractivity contribution in [3.05, 3.63) is 70.2 Å². The zero-order valence-electron chi connectivity index (χ0n) is 20.5. The van der Waals surface area contributed by atoms with Crippen molar-refractivity contribution in [2.24, 2.45) is 5.73 Å². The molecule has 0 unspecified atom stereocenters. The number of rotatable bonds is 7. The maximum absolute atomic E-state index is 13.3. The van der Waals surface area contributed by atoms with E-state index in [0.29, 0.717) is 35.2 Å². The number of aliphatic hydroxyl groups is 1. The molecule has 5 aromatic rings. The number of hydrogen-bond donors (Lipinski definition) is 3. The summed E-state index contributed by atoms with van der Waals surface area (Å²) < 4.78 is 2.56. The summed E-state index contributed by atoms with van der Waals surface area (Å²) >= 11 is 2.91. The first-order valence-electron chi connectivity index (χ1n) is 11.7. The zero-order valence-corrected chi connectivity index (χ0v) is 22.2. The summed E-state index contributed by atoms with van der Waals surface area (Å²) in [4.78, 5) is 36.1. The highest BCUT2D eigenvalue weighted by atomic mass is 32.1.